The van der Waals surface area contributed by atoms with E-state index in [2.05, 4.69) is 15.9 Å². The summed E-state index contributed by atoms with van der Waals surface area (Å²) in [6.07, 6.45) is 0.592. The number of non-ortho nitro benzene ring substituents is 1. The normalized spacial score (nSPS) is 14.8. The number of benzene rings is 2. The molecule has 0 radical (unpaired) electrons. The van der Waals surface area contributed by atoms with Gasteiger partial charge in [0.05, 0.1) is 25.2 Å². The minimum Gasteiger partial charge on any atom is -0.493 e. The Labute approximate surface area is 198 Å². The Morgan fingerprint density at radius 1 is 1.16 bits per heavy atom. The first-order chi connectivity index (χ1) is 14.9. The van der Waals surface area contributed by atoms with Gasteiger partial charge in [-0.15, -0.1) is 12.4 Å². The highest BCUT2D eigenvalue weighted by Crippen LogP contribution is 2.42. The SMILES string of the molecule is COc1cc2c(cc1OC)C(c1cccc([N+](=O)[O-])c1)N(C(=O)c1ccc(Br)o1)CC2.Cl. The van der Waals surface area contributed by atoms with Crippen LogP contribution in [0.15, 0.2) is 57.6 Å². The number of nitro benzene ring substituents is 1. The van der Waals surface area contributed by atoms with E-state index < -0.39 is 11.0 Å². The highest BCUT2D eigenvalue weighted by Gasteiger charge is 2.35. The fourth-order valence-electron chi connectivity index (χ4n) is 3.90. The molecule has 32 heavy (non-hydrogen) atoms. The van der Waals surface area contributed by atoms with Crippen LogP contribution in [0.4, 0.5) is 5.69 Å². The Hall–Kier alpha value is -3.04. The molecule has 2 aromatic carbocycles. The molecule has 1 unspecified atom stereocenters. The lowest BCUT2D eigenvalue weighted by Crippen LogP contribution is -2.40. The molecule has 1 aliphatic heterocycles. The number of ether oxygens (including phenoxy) is 2. The number of hydrogen-bond donors (Lipinski definition) is 0. The Kier molecular flexibility index (Phi) is 7.10. The standard InChI is InChI=1S/C22H19BrN2O6.ClH/c1-29-18-11-13-8-9-24(22(26)17-6-7-20(23)31-17)21(16(13)12-19(18)30-2)14-4-3-5-15(10-14)25(27)28;/h3-7,10-12,21H,8-9H2,1-2H3;1H. The second kappa shape index (κ2) is 9.62. The van der Waals surface area contributed by atoms with Gasteiger partial charge < -0.3 is 18.8 Å². The lowest BCUT2D eigenvalue weighted by Gasteiger charge is -2.37. The number of hydrogen-bond acceptors (Lipinski definition) is 6. The summed E-state index contributed by atoms with van der Waals surface area (Å²) in [5, 5.41) is 11.4. The maximum atomic E-state index is 13.3. The summed E-state index contributed by atoms with van der Waals surface area (Å²) < 4.78 is 16.8. The third-order valence-corrected chi connectivity index (χ3v) is 5.74. The Morgan fingerprint density at radius 2 is 1.88 bits per heavy atom. The van der Waals surface area contributed by atoms with Gasteiger partial charge in [0.15, 0.2) is 21.9 Å². The number of amides is 1. The number of carbonyl (C=O) groups is 1. The highest BCUT2D eigenvalue weighted by atomic mass is 79.9. The molecule has 0 saturated carbocycles. The zero-order valence-corrected chi connectivity index (χ0v) is 19.6. The molecule has 10 heteroatoms. The van der Waals surface area contributed by atoms with Crippen molar-refractivity contribution >= 4 is 39.9 Å². The minimum atomic E-state index is -0.556. The first-order valence-electron chi connectivity index (χ1n) is 9.48. The number of nitro groups is 1. The third kappa shape index (κ3) is 4.31. The molecular weight excluding hydrogens is 504 g/mol. The monoisotopic (exact) mass is 522 g/mol. The number of carbonyl (C=O) groups excluding carboxylic acids is 1. The van der Waals surface area contributed by atoms with Gasteiger partial charge in [0.25, 0.3) is 11.6 Å². The highest BCUT2D eigenvalue weighted by molar-refractivity contribution is 9.10. The van der Waals surface area contributed by atoms with Crippen molar-refractivity contribution in [3.05, 3.63) is 85.8 Å². The Balaban J connectivity index is 0.00000289. The van der Waals surface area contributed by atoms with Gasteiger partial charge in [-0.1, -0.05) is 12.1 Å². The second-order valence-corrected chi connectivity index (χ2v) is 7.79. The van der Waals surface area contributed by atoms with Crippen molar-refractivity contribution in [1.82, 2.24) is 4.90 Å². The van der Waals surface area contributed by atoms with E-state index in [0.29, 0.717) is 34.7 Å². The lowest BCUT2D eigenvalue weighted by atomic mass is 9.87. The molecule has 4 rings (SSSR count). The maximum Gasteiger partial charge on any atom is 0.290 e. The fourth-order valence-corrected chi connectivity index (χ4v) is 4.21. The van der Waals surface area contributed by atoms with E-state index in [-0.39, 0.29) is 29.8 Å². The van der Waals surface area contributed by atoms with Crippen molar-refractivity contribution in [2.24, 2.45) is 0 Å². The van der Waals surface area contributed by atoms with E-state index in [4.69, 9.17) is 13.9 Å². The van der Waals surface area contributed by atoms with Crippen molar-refractivity contribution in [3.63, 3.8) is 0 Å². The van der Waals surface area contributed by atoms with Crippen LogP contribution >= 0.6 is 28.3 Å². The van der Waals surface area contributed by atoms with Gasteiger partial charge in [0.1, 0.15) is 0 Å². The molecule has 1 atom stereocenters. The van der Waals surface area contributed by atoms with Crippen LogP contribution in [-0.4, -0.2) is 36.5 Å². The van der Waals surface area contributed by atoms with E-state index >= 15 is 0 Å². The van der Waals surface area contributed by atoms with E-state index in [9.17, 15) is 14.9 Å². The largest absolute Gasteiger partial charge is 0.493 e. The number of nitrogens with zero attached hydrogens (tertiary/aromatic N) is 2. The van der Waals surface area contributed by atoms with Crippen molar-refractivity contribution in [2.45, 2.75) is 12.5 Å². The molecule has 0 aliphatic carbocycles. The molecule has 2 heterocycles. The van der Waals surface area contributed by atoms with Crippen molar-refractivity contribution in [1.29, 1.82) is 0 Å². The van der Waals surface area contributed by atoms with Crippen molar-refractivity contribution in [2.75, 3.05) is 20.8 Å². The van der Waals surface area contributed by atoms with Gasteiger partial charge in [-0.2, -0.15) is 0 Å². The van der Waals surface area contributed by atoms with Gasteiger partial charge in [-0.05, 0) is 63.3 Å². The van der Waals surface area contributed by atoms with Gasteiger partial charge in [0, 0.05) is 18.7 Å². The van der Waals surface area contributed by atoms with Crippen LogP contribution in [-0.2, 0) is 6.42 Å². The van der Waals surface area contributed by atoms with Gasteiger partial charge >= 0.3 is 0 Å². The molecule has 0 saturated heterocycles. The predicted octanol–water partition coefficient (Wildman–Crippen LogP) is 5.18. The summed E-state index contributed by atoms with van der Waals surface area (Å²) in [7, 11) is 3.11. The summed E-state index contributed by atoms with van der Waals surface area (Å²) >= 11 is 3.23. The fraction of sp³-hybridized carbons (Fsp3) is 0.227. The average molecular weight is 524 g/mol. The summed E-state index contributed by atoms with van der Waals surface area (Å²) in [5.41, 5.74) is 2.39. The summed E-state index contributed by atoms with van der Waals surface area (Å²) in [5.74, 6) is 0.995. The zero-order valence-electron chi connectivity index (χ0n) is 17.2. The quantitative estimate of drug-likeness (QED) is 0.338. The molecule has 8 nitrogen and oxygen atoms in total. The molecule has 0 fully saturated rings. The smallest absolute Gasteiger partial charge is 0.290 e. The number of furan rings is 1. The van der Waals surface area contributed by atoms with Crippen LogP contribution in [0.2, 0.25) is 0 Å². The molecule has 3 aromatic rings. The first-order valence-corrected chi connectivity index (χ1v) is 10.3. The van der Waals surface area contributed by atoms with Crippen LogP contribution < -0.4 is 9.47 Å². The maximum absolute atomic E-state index is 13.3. The van der Waals surface area contributed by atoms with Crippen LogP contribution in [0, 0.1) is 10.1 Å². The molecule has 1 amide bonds. The third-order valence-electron chi connectivity index (χ3n) is 5.32. The lowest BCUT2D eigenvalue weighted by molar-refractivity contribution is -0.384. The van der Waals surface area contributed by atoms with E-state index in [0.717, 1.165) is 11.1 Å². The Bertz CT molecular complexity index is 1170. The molecule has 0 N–H and O–H groups in total. The summed E-state index contributed by atoms with van der Waals surface area (Å²) in [4.78, 5) is 25.9. The van der Waals surface area contributed by atoms with Crippen LogP contribution in [0.25, 0.3) is 0 Å². The minimum absolute atomic E-state index is 0. The van der Waals surface area contributed by atoms with E-state index in [1.807, 2.05) is 12.1 Å². The zero-order chi connectivity index (χ0) is 22.1. The van der Waals surface area contributed by atoms with E-state index in [1.54, 1.807) is 43.4 Å². The molecule has 1 aliphatic rings. The summed E-state index contributed by atoms with van der Waals surface area (Å²) in [6.45, 7) is 0.410. The topological polar surface area (TPSA) is 95.0 Å². The molecule has 168 valence electrons. The van der Waals surface area contributed by atoms with Gasteiger partial charge in [0.2, 0.25) is 0 Å². The molecule has 1 aromatic heterocycles. The van der Waals surface area contributed by atoms with Crippen LogP contribution in [0.5, 0.6) is 11.5 Å². The van der Waals surface area contributed by atoms with Gasteiger partial charge in [-0.3, -0.25) is 14.9 Å². The predicted molar refractivity (Wildman–Crippen MR) is 123 cm³/mol. The average Bonchev–Trinajstić information content (AvgIpc) is 3.23. The van der Waals surface area contributed by atoms with E-state index in [1.165, 1.54) is 12.1 Å². The van der Waals surface area contributed by atoms with Crippen molar-refractivity contribution < 1.29 is 23.6 Å². The second-order valence-electron chi connectivity index (χ2n) is 7.01. The van der Waals surface area contributed by atoms with Crippen molar-refractivity contribution in [3.8, 4) is 11.5 Å². The van der Waals surface area contributed by atoms with Crippen LogP contribution in [0.1, 0.15) is 33.3 Å². The molecule has 0 spiro atoms. The van der Waals surface area contributed by atoms with Gasteiger partial charge in [-0.25, -0.2) is 0 Å². The molecular formula is C22H20BrClN2O6. The Morgan fingerprint density at radius 3 is 2.50 bits per heavy atom. The number of fused-ring (bicyclic) bond motifs is 1. The first kappa shape index (κ1) is 23.6. The summed E-state index contributed by atoms with van der Waals surface area (Å²) in [6, 6.07) is 12.7. The molecule has 0 bridgehead atoms. The number of rotatable bonds is 5. The number of halogens is 2. The number of methoxy groups -OCH3 is 2. The van der Waals surface area contributed by atoms with Crippen LogP contribution in [0.3, 0.4) is 0 Å².